The van der Waals surface area contributed by atoms with Crippen LogP contribution in [0.2, 0.25) is 0 Å². The monoisotopic (exact) mass is 233 g/mol. The summed E-state index contributed by atoms with van der Waals surface area (Å²) in [5.41, 5.74) is 2.39. The quantitative estimate of drug-likeness (QED) is 0.556. The Morgan fingerprint density at radius 2 is 1.82 bits per heavy atom. The smallest absolute Gasteiger partial charge is 0.231 e. The normalized spacial score (nSPS) is 36.1. The summed E-state index contributed by atoms with van der Waals surface area (Å²) < 4.78 is 0. The molecule has 0 aromatic rings. The fourth-order valence-electron chi connectivity index (χ4n) is 2.95. The Balaban J connectivity index is 2.44. The number of hydrogen-bond acceptors (Lipinski definition) is 2. The largest absolute Gasteiger partial charge is 0.296 e. The first-order valence-corrected chi connectivity index (χ1v) is 6.10. The van der Waals surface area contributed by atoms with Crippen molar-refractivity contribution < 1.29 is 9.59 Å². The molecule has 1 aliphatic carbocycles. The van der Waals surface area contributed by atoms with Crippen molar-refractivity contribution in [2.24, 2.45) is 23.7 Å². The number of rotatable bonds is 1. The third-order valence-electron chi connectivity index (χ3n) is 3.89. The summed E-state index contributed by atoms with van der Waals surface area (Å²) in [7, 11) is 0. The second-order valence-electron chi connectivity index (χ2n) is 5.43. The number of fused-ring (bicyclic) bond motifs is 1. The number of amides is 2. The molecule has 1 N–H and O–H groups in total. The lowest BCUT2D eigenvalue weighted by atomic mass is 9.69. The predicted molar refractivity (Wildman–Crippen MR) is 66.0 cm³/mol. The fraction of sp³-hybridized carbons (Fsp3) is 0.571. The molecule has 1 aliphatic heterocycles. The third kappa shape index (κ3) is 1.94. The highest BCUT2D eigenvalue weighted by Gasteiger charge is 2.49. The fourth-order valence-corrected chi connectivity index (χ4v) is 2.95. The molecule has 1 heterocycles. The van der Waals surface area contributed by atoms with Crippen LogP contribution in [0.5, 0.6) is 0 Å². The van der Waals surface area contributed by atoms with Crippen molar-refractivity contribution in [1.82, 2.24) is 5.32 Å². The van der Waals surface area contributed by atoms with Crippen LogP contribution in [-0.2, 0) is 9.59 Å². The number of nitrogens with one attached hydrogen (secondary N) is 1. The van der Waals surface area contributed by atoms with Gasteiger partial charge in [0.25, 0.3) is 0 Å². The van der Waals surface area contributed by atoms with Gasteiger partial charge >= 0.3 is 0 Å². The van der Waals surface area contributed by atoms with E-state index in [0.29, 0.717) is 0 Å². The summed E-state index contributed by atoms with van der Waals surface area (Å²) in [6.07, 6.45) is 4.22. The second-order valence-corrected chi connectivity index (χ2v) is 5.43. The zero-order valence-corrected chi connectivity index (χ0v) is 10.8. The van der Waals surface area contributed by atoms with E-state index in [2.05, 4.69) is 17.5 Å². The van der Waals surface area contributed by atoms with Gasteiger partial charge in [0.15, 0.2) is 0 Å². The zero-order chi connectivity index (χ0) is 12.7. The van der Waals surface area contributed by atoms with Crippen molar-refractivity contribution in [3.8, 4) is 0 Å². The molecule has 1 saturated heterocycles. The zero-order valence-electron chi connectivity index (χ0n) is 10.8. The van der Waals surface area contributed by atoms with Crippen LogP contribution in [0.3, 0.4) is 0 Å². The van der Waals surface area contributed by atoms with Crippen LogP contribution in [0.4, 0.5) is 0 Å². The first-order chi connectivity index (χ1) is 7.91. The minimum Gasteiger partial charge on any atom is -0.296 e. The molecule has 3 nitrogen and oxygen atoms in total. The van der Waals surface area contributed by atoms with Gasteiger partial charge in [-0.15, -0.1) is 0 Å². The predicted octanol–water partition coefficient (Wildman–Crippen LogP) is 2.05. The second kappa shape index (κ2) is 4.13. The molecule has 0 aromatic carbocycles. The first kappa shape index (κ1) is 12.1. The summed E-state index contributed by atoms with van der Waals surface area (Å²) in [6.45, 7) is 8.11. The van der Waals surface area contributed by atoms with Crippen LogP contribution in [-0.4, -0.2) is 11.8 Å². The van der Waals surface area contributed by atoms with Crippen LogP contribution in [0.1, 0.15) is 27.7 Å². The average molecular weight is 233 g/mol. The standard InChI is InChI=1S/C14H19NO2/c1-7(2)5-10-6-8(3)9(4)11-12(10)14(17)15-13(11)16/h5-6,9-12H,1-4H3,(H,15,16,17)/t9-,10+,11-,12-/m1/s1. The number of imide groups is 1. The van der Waals surface area contributed by atoms with Gasteiger partial charge in [-0.1, -0.05) is 30.2 Å². The summed E-state index contributed by atoms with van der Waals surface area (Å²) >= 11 is 0. The van der Waals surface area contributed by atoms with E-state index >= 15 is 0 Å². The maximum absolute atomic E-state index is 11.9. The summed E-state index contributed by atoms with van der Waals surface area (Å²) in [6, 6.07) is 0. The van der Waals surface area contributed by atoms with E-state index in [-0.39, 0.29) is 35.5 Å². The van der Waals surface area contributed by atoms with E-state index in [9.17, 15) is 9.59 Å². The molecule has 0 saturated carbocycles. The van der Waals surface area contributed by atoms with Gasteiger partial charge in [0.05, 0.1) is 11.8 Å². The summed E-state index contributed by atoms with van der Waals surface area (Å²) in [5, 5.41) is 2.47. The highest BCUT2D eigenvalue weighted by Crippen LogP contribution is 2.42. The van der Waals surface area contributed by atoms with Gasteiger partial charge in [-0.2, -0.15) is 0 Å². The molecule has 0 unspecified atom stereocenters. The Morgan fingerprint density at radius 3 is 2.41 bits per heavy atom. The number of hydrogen-bond donors (Lipinski definition) is 1. The van der Waals surface area contributed by atoms with Crippen LogP contribution in [0, 0.1) is 23.7 Å². The molecule has 2 amide bonds. The van der Waals surface area contributed by atoms with Crippen LogP contribution in [0.25, 0.3) is 0 Å². The minimum atomic E-state index is -0.212. The number of carbonyl (C=O) groups is 2. The van der Waals surface area contributed by atoms with Crippen molar-refractivity contribution in [2.45, 2.75) is 27.7 Å². The molecule has 0 bridgehead atoms. The van der Waals surface area contributed by atoms with Crippen molar-refractivity contribution in [3.63, 3.8) is 0 Å². The van der Waals surface area contributed by atoms with Crippen LogP contribution < -0.4 is 5.32 Å². The van der Waals surface area contributed by atoms with E-state index in [4.69, 9.17) is 0 Å². The Hall–Kier alpha value is -1.38. The number of allylic oxidation sites excluding steroid dienone is 4. The van der Waals surface area contributed by atoms with E-state index in [0.717, 1.165) is 0 Å². The van der Waals surface area contributed by atoms with Crippen molar-refractivity contribution >= 4 is 11.8 Å². The van der Waals surface area contributed by atoms with Gasteiger partial charge in [-0.25, -0.2) is 0 Å². The Kier molecular flexibility index (Phi) is 2.94. The Bertz CT molecular complexity index is 430. The van der Waals surface area contributed by atoms with E-state index in [1.165, 1.54) is 11.1 Å². The van der Waals surface area contributed by atoms with Gasteiger partial charge in [-0.3, -0.25) is 14.9 Å². The number of carbonyl (C=O) groups excluding carboxylic acids is 2. The van der Waals surface area contributed by atoms with E-state index in [1.807, 2.05) is 27.7 Å². The maximum atomic E-state index is 11.9. The third-order valence-corrected chi connectivity index (χ3v) is 3.89. The highest BCUT2D eigenvalue weighted by molar-refractivity contribution is 6.06. The molecule has 2 aliphatic rings. The van der Waals surface area contributed by atoms with Crippen molar-refractivity contribution in [3.05, 3.63) is 23.3 Å². The van der Waals surface area contributed by atoms with Gasteiger partial charge in [0.1, 0.15) is 0 Å². The van der Waals surface area contributed by atoms with Crippen molar-refractivity contribution in [1.29, 1.82) is 0 Å². The Morgan fingerprint density at radius 1 is 1.24 bits per heavy atom. The van der Waals surface area contributed by atoms with Gasteiger partial charge in [0.2, 0.25) is 11.8 Å². The molecule has 92 valence electrons. The molecule has 0 aromatic heterocycles. The lowest BCUT2D eigenvalue weighted by Crippen LogP contribution is -2.33. The molecule has 0 spiro atoms. The topological polar surface area (TPSA) is 46.2 Å². The molecule has 1 fully saturated rings. The van der Waals surface area contributed by atoms with Crippen LogP contribution >= 0.6 is 0 Å². The molecule has 2 rings (SSSR count). The van der Waals surface area contributed by atoms with Gasteiger partial charge in [0, 0.05) is 5.92 Å². The molecule has 0 radical (unpaired) electrons. The highest BCUT2D eigenvalue weighted by atomic mass is 16.2. The molecule has 4 atom stereocenters. The summed E-state index contributed by atoms with van der Waals surface area (Å²) in [5.74, 6) is -0.393. The van der Waals surface area contributed by atoms with E-state index in [1.54, 1.807) is 0 Å². The maximum Gasteiger partial charge on any atom is 0.231 e. The van der Waals surface area contributed by atoms with E-state index < -0.39 is 0 Å². The van der Waals surface area contributed by atoms with Gasteiger partial charge < -0.3 is 0 Å². The molecular formula is C14H19NO2. The average Bonchev–Trinajstić information content (AvgIpc) is 2.49. The Labute approximate surface area is 102 Å². The first-order valence-electron chi connectivity index (χ1n) is 6.10. The van der Waals surface area contributed by atoms with Crippen molar-refractivity contribution in [2.75, 3.05) is 0 Å². The molecule has 17 heavy (non-hydrogen) atoms. The lowest BCUT2D eigenvalue weighted by Gasteiger charge is -2.32. The van der Waals surface area contributed by atoms with Crippen LogP contribution in [0.15, 0.2) is 23.3 Å². The molecule has 3 heteroatoms. The molecular weight excluding hydrogens is 214 g/mol. The SMILES string of the molecule is CC(C)=C[C@H]1C=C(C)[C@@H](C)[C@H]2C(=O)NC(=O)[C@H]12. The van der Waals surface area contributed by atoms with Gasteiger partial charge in [-0.05, 0) is 26.7 Å². The minimum absolute atomic E-state index is 0.0626. The lowest BCUT2D eigenvalue weighted by molar-refractivity contribution is -0.126. The summed E-state index contributed by atoms with van der Waals surface area (Å²) in [4.78, 5) is 23.7.